The van der Waals surface area contributed by atoms with Gasteiger partial charge in [-0.1, -0.05) is 28.6 Å². The van der Waals surface area contributed by atoms with Crippen molar-refractivity contribution >= 4 is 54.0 Å². The Balaban J connectivity index is 1.57. The topological polar surface area (TPSA) is 155 Å². The Labute approximate surface area is 206 Å². The number of benzene rings is 1. The summed E-state index contributed by atoms with van der Waals surface area (Å²) in [5, 5.41) is 7.10. The first-order valence-corrected chi connectivity index (χ1v) is 13.3. The van der Waals surface area contributed by atoms with Crippen molar-refractivity contribution in [2.24, 2.45) is 5.16 Å². The van der Waals surface area contributed by atoms with Gasteiger partial charge in [-0.05, 0) is 24.6 Å². The molecule has 3 heterocycles. The van der Waals surface area contributed by atoms with Gasteiger partial charge in [0.15, 0.2) is 26.8 Å². The molecule has 0 aliphatic carbocycles. The lowest BCUT2D eigenvalue weighted by Crippen LogP contribution is -2.25. The van der Waals surface area contributed by atoms with Gasteiger partial charge in [0.2, 0.25) is 0 Å². The van der Waals surface area contributed by atoms with Crippen molar-refractivity contribution in [3.05, 3.63) is 42.1 Å². The number of carbonyl (C=O) groups is 1. The summed E-state index contributed by atoms with van der Waals surface area (Å²) in [5.74, 6) is -0.612. The molecule has 1 aromatic carbocycles. The van der Waals surface area contributed by atoms with Crippen molar-refractivity contribution in [3.63, 3.8) is 0 Å². The Morgan fingerprint density at radius 1 is 1.31 bits per heavy atom. The summed E-state index contributed by atoms with van der Waals surface area (Å²) in [5.41, 5.74) is 7.24. The van der Waals surface area contributed by atoms with Gasteiger partial charge in [-0.2, -0.15) is 0 Å². The molecule has 186 valence electrons. The lowest BCUT2D eigenvalue weighted by atomic mass is 10.1. The number of hydrogen-bond donors (Lipinski definition) is 2. The molecule has 2 aromatic heterocycles. The van der Waals surface area contributed by atoms with Crippen LogP contribution in [0.2, 0.25) is 0 Å². The fraction of sp³-hybridized carbons (Fsp3) is 0.364. The summed E-state index contributed by atoms with van der Waals surface area (Å²) in [6, 6.07) is 7.56. The van der Waals surface area contributed by atoms with E-state index in [2.05, 4.69) is 20.4 Å². The van der Waals surface area contributed by atoms with Gasteiger partial charge in [0.1, 0.15) is 10.3 Å². The number of methoxy groups -OCH3 is 1. The molecule has 1 aliphatic rings. The van der Waals surface area contributed by atoms with E-state index in [0.29, 0.717) is 59.4 Å². The van der Waals surface area contributed by atoms with Gasteiger partial charge in [0, 0.05) is 31.9 Å². The molecule has 11 nitrogen and oxygen atoms in total. The number of pyridine rings is 1. The fourth-order valence-corrected chi connectivity index (χ4v) is 5.46. The number of sulfone groups is 1. The summed E-state index contributed by atoms with van der Waals surface area (Å²) in [6.07, 6.45) is 2.33. The van der Waals surface area contributed by atoms with Crippen molar-refractivity contribution in [1.82, 2.24) is 9.97 Å². The number of nitrogen functional groups attached to an aromatic ring is 1. The van der Waals surface area contributed by atoms with E-state index >= 15 is 0 Å². The van der Waals surface area contributed by atoms with E-state index < -0.39 is 15.7 Å². The van der Waals surface area contributed by atoms with Gasteiger partial charge >= 0.3 is 0 Å². The molecule has 0 spiro atoms. The Hall–Kier alpha value is -3.13. The van der Waals surface area contributed by atoms with Crippen molar-refractivity contribution in [2.75, 3.05) is 43.7 Å². The van der Waals surface area contributed by atoms with Crippen LogP contribution < -0.4 is 11.1 Å². The Morgan fingerprint density at radius 3 is 2.80 bits per heavy atom. The molecule has 13 heteroatoms. The second-order valence-electron chi connectivity index (χ2n) is 7.75. The predicted molar refractivity (Wildman–Crippen MR) is 132 cm³/mol. The van der Waals surface area contributed by atoms with Gasteiger partial charge < -0.3 is 20.0 Å². The van der Waals surface area contributed by atoms with E-state index in [9.17, 15) is 13.2 Å². The highest BCUT2D eigenvalue weighted by Gasteiger charge is 2.22. The SMILES string of the molecule is COCCCS(=O)(=O)c1ccc(/C(=N\O[C@@H]2CCOC2)C(=O)Nc2nc3c(N)ccnc3s2)cc1. The zero-order valence-corrected chi connectivity index (χ0v) is 20.6. The molecule has 35 heavy (non-hydrogen) atoms. The van der Waals surface area contributed by atoms with E-state index in [1.165, 1.54) is 42.7 Å². The molecule has 1 saturated heterocycles. The van der Waals surface area contributed by atoms with E-state index in [1.54, 1.807) is 12.3 Å². The van der Waals surface area contributed by atoms with Crippen LogP contribution in [0, 0.1) is 0 Å². The van der Waals surface area contributed by atoms with Gasteiger partial charge in [0.25, 0.3) is 5.91 Å². The Bertz CT molecular complexity index is 1320. The molecule has 3 N–H and O–H groups in total. The first-order chi connectivity index (χ1) is 16.9. The quantitative estimate of drug-likeness (QED) is 0.233. The number of nitrogens with zero attached hydrogens (tertiary/aromatic N) is 3. The smallest absolute Gasteiger partial charge is 0.280 e. The number of rotatable bonds is 10. The molecule has 3 aromatic rings. The molecule has 1 aliphatic heterocycles. The summed E-state index contributed by atoms with van der Waals surface area (Å²) >= 11 is 1.17. The van der Waals surface area contributed by atoms with Crippen LogP contribution in [0.15, 0.2) is 46.6 Å². The molecule has 0 saturated carbocycles. The van der Waals surface area contributed by atoms with E-state index in [0.717, 1.165) is 0 Å². The number of fused-ring (bicyclic) bond motifs is 1. The molecule has 1 amide bonds. The van der Waals surface area contributed by atoms with Crippen LogP contribution >= 0.6 is 11.3 Å². The minimum absolute atomic E-state index is 0.0274. The fourth-order valence-electron chi connectivity index (χ4n) is 3.34. The standard InChI is InChI=1S/C22H25N5O6S2/c1-31-10-2-12-35(29,30)16-5-3-14(4-6-16)18(27-33-15-8-11-32-13-15)20(28)26-22-25-19-17(23)7-9-24-21(19)34-22/h3-7,9,15H,2,8,10-13H2,1H3,(H2,23,24)(H,25,26,28)/b27-18+/t15-/m1/s1. The first-order valence-electron chi connectivity index (χ1n) is 10.8. The van der Waals surface area contributed by atoms with Gasteiger partial charge in [-0.25, -0.2) is 18.4 Å². The number of carbonyl (C=O) groups excluding carboxylic acids is 1. The molecule has 1 fully saturated rings. The second-order valence-corrected chi connectivity index (χ2v) is 10.8. The monoisotopic (exact) mass is 519 g/mol. The van der Waals surface area contributed by atoms with Crippen molar-refractivity contribution < 1.29 is 27.5 Å². The molecule has 0 unspecified atom stereocenters. The molecule has 0 radical (unpaired) electrons. The molecular formula is C22H25N5O6S2. The predicted octanol–water partition coefficient (Wildman–Crippen LogP) is 2.23. The number of nitrogens with one attached hydrogen (secondary N) is 1. The van der Waals surface area contributed by atoms with Crippen LogP contribution in [0.25, 0.3) is 10.3 Å². The molecule has 4 rings (SSSR count). The van der Waals surface area contributed by atoms with Crippen molar-refractivity contribution in [2.45, 2.75) is 23.8 Å². The number of aromatic nitrogens is 2. The highest BCUT2D eigenvalue weighted by Crippen LogP contribution is 2.27. The summed E-state index contributed by atoms with van der Waals surface area (Å²) in [4.78, 5) is 28.0. The van der Waals surface area contributed by atoms with Crippen LogP contribution in [-0.2, 0) is 28.9 Å². The Kier molecular flexibility index (Phi) is 7.90. The van der Waals surface area contributed by atoms with Crippen molar-refractivity contribution in [3.8, 4) is 0 Å². The number of thiazole rings is 1. The molecular weight excluding hydrogens is 494 g/mol. The lowest BCUT2D eigenvalue weighted by molar-refractivity contribution is -0.110. The zero-order chi connectivity index (χ0) is 24.8. The Morgan fingerprint density at radius 2 is 2.11 bits per heavy atom. The third-order valence-corrected chi connectivity index (χ3v) is 7.89. The number of oxime groups is 1. The lowest BCUT2D eigenvalue weighted by Gasteiger charge is -2.10. The normalized spacial score (nSPS) is 16.5. The average molecular weight is 520 g/mol. The second kappa shape index (κ2) is 11.1. The summed E-state index contributed by atoms with van der Waals surface area (Å²) in [6.45, 7) is 1.28. The van der Waals surface area contributed by atoms with Gasteiger partial charge in [-0.3, -0.25) is 10.1 Å². The van der Waals surface area contributed by atoms with Crippen LogP contribution in [0.3, 0.4) is 0 Å². The minimum atomic E-state index is -3.48. The van der Waals surface area contributed by atoms with Crippen molar-refractivity contribution in [1.29, 1.82) is 0 Å². The maximum atomic E-state index is 13.2. The van der Waals surface area contributed by atoms with Gasteiger partial charge in [0.05, 0.1) is 29.5 Å². The highest BCUT2D eigenvalue weighted by molar-refractivity contribution is 7.91. The third kappa shape index (κ3) is 6.11. The van der Waals surface area contributed by atoms with E-state index in [-0.39, 0.29) is 22.5 Å². The molecule has 0 bridgehead atoms. The number of anilines is 2. The van der Waals surface area contributed by atoms with Crippen LogP contribution in [0.4, 0.5) is 10.8 Å². The average Bonchev–Trinajstić information content (AvgIpc) is 3.50. The van der Waals surface area contributed by atoms with Crippen LogP contribution in [-0.4, -0.2) is 68.8 Å². The zero-order valence-electron chi connectivity index (χ0n) is 19.0. The first kappa shape index (κ1) is 25.0. The number of hydrogen-bond acceptors (Lipinski definition) is 11. The summed E-state index contributed by atoms with van der Waals surface area (Å²) < 4.78 is 35.3. The maximum absolute atomic E-state index is 13.2. The minimum Gasteiger partial charge on any atom is -0.397 e. The third-order valence-electron chi connectivity index (χ3n) is 5.19. The van der Waals surface area contributed by atoms with E-state index in [1.807, 2.05) is 0 Å². The number of amides is 1. The van der Waals surface area contributed by atoms with Crippen LogP contribution in [0.5, 0.6) is 0 Å². The number of ether oxygens (including phenoxy) is 2. The maximum Gasteiger partial charge on any atom is 0.280 e. The van der Waals surface area contributed by atoms with Gasteiger partial charge in [-0.15, -0.1) is 0 Å². The largest absolute Gasteiger partial charge is 0.397 e. The highest BCUT2D eigenvalue weighted by atomic mass is 32.2. The molecule has 1 atom stereocenters. The van der Waals surface area contributed by atoms with Crippen LogP contribution in [0.1, 0.15) is 18.4 Å². The number of nitrogens with two attached hydrogens (primary N) is 1. The van der Waals surface area contributed by atoms with E-state index in [4.69, 9.17) is 20.0 Å². The summed E-state index contributed by atoms with van der Waals surface area (Å²) in [7, 11) is -1.96.